The quantitative estimate of drug-likeness (QED) is 0.275. The highest BCUT2D eigenvalue weighted by Gasteiger charge is 2.03. The lowest BCUT2D eigenvalue weighted by atomic mass is 10.0. The first kappa shape index (κ1) is 28.4. The summed E-state index contributed by atoms with van der Waals surface area (Å²) in [7, 11) is 0. The predicted octanol–water partition coefficient (Wildman–Crippen LogP) is 10.4. The molecular weight excluding hydrogens is 408 g/mol. The van der Waals surface area contributed by atoms with Crippen molar-refractivity contribution in [3.8, 4) is 0 Å². The average molecular weight is 449 g/mol. The van der Waals surface area contributed by atoms with Crippen molar-refractivity contribution in [1.82, 2.24) is 0 Å². The molecule has 0 aliphatic heterocycles. The first-order valence-electron chi connectivity index (χ1n) is 12.1. The molecule has 3 aromatic rings. The van der Waals surface area contributed by atoms with Crippen LogP contribution in [0, 0.1) is 0 Å². The third-order valence-corrected chi connectivity index (χ3v) is 5.15. The smallest absolute Gasteiger partial charge is 0.0257 e. The number of hydrogen-bond donors (Lipinski definition) is 0. The molecule has 0 N–H and O–H groups in total. The van der Waals surface area contributed by atoms with Crippen LogP contribution in [0.1, 0.15) is 55.2 Å². The minimum Gasteiger partial charge on any atom is -0.0991 e. The van der Waals surface area contributed by atoms with E-state index in [-0.39, 0.29) is 0 Å². The third kappa shape index (κ3) is 14.4. The van der Waals surface area contributed by atoms with Gasteiger partial charge in [0, 0.05) is 0 Å². The van der Waals surface area contributed by atoms with Crippen LogP contribution in [0.3, 0.4) is 0 Å². The molecule has 4 rings (SSSR count). The van der Waals surface area contributed by atoms with Crippen molar-refractivity contribution >= 4 is 18.2 Å². The second-order valence-corrected chi connectivity index (χ2v) is 7.83. The maximum absolute atomic E-state index is 3.63. The Hall–Kier alpha value is -3.64. The van der Waals surface area contributed by atoms with E-state index in [4.69, 9.17) is 0 Å². The van der Waals surface area contributed by atoms with Crippen LogP contribution in [0.15, 0.2) is 135 Å². The second-order valence-electron chi connectivity index (χ2n) is 7.83. The summed E-state index contributed by atoms with van der Waals surface area (Å²) in [6, 6.07) is 30.7. The van der Waals surface area contributed by atoms with Crippen LogP contribution >= 0.6 is 0 Å². The molecule has 176 valence electrons. The molecule has 34 heavy (non-hydrogen) atoms. The van der Waals surface area contributed by atoms with Crippen molar-refractivity contribution in [3.05, 3.63) is 152 Å². The van der Waals surface area contributed by atoms with Crippen LogP contribution in [-0.2, 0) is 0 Å². The Morgan fingerprint density at radius 1 is 0.441 bits per heavy atom. The van der Waals surface area contributed by atoms with Gasteiger partial charge >= 0.3 is 0 Å². The molecule has 1 aliphatic carbocycles. The van der Waals surface area contributed by atoms with Crippen LogP contribution < -0.4 is 0 Å². The SMILES string of the molecule is C(=C1CCCCCC1)c1ccccc1.C=CC=C.C=Cc1ccccc1.C=Cc1ccccc1. The lowest BCUT2D eigenvalue weighted by Crippen LogP contribution is -1.81. The van der Waals surface area contributed by atoms with E-state index in [1.165, 1.54) is 55.2 Å². The summed E-state index contributed by atoms with van der Waals surface area (Å²) >= 11 is 0. The predicted molar refractivity (Wildman–Crippen MR) is 156 cm³/mol. The summed E-state index contributed by atoms with van der Waals surface area (Å²) in [6.45, 7) is 14.0. The van der Waals surface area contributed by atoms with Gasteiger partial charge in [-0.25, -0.2) is 0 Å². The second kappa shape index (κ2) is 20.0. The molecule has 1 fully saturated rings. The highest BCUT2D eigenvalue weighted by atomic mass is 14.1. The molecule has 1 saturated carbocycles. The molecule has 0 aromatic heterocycles. The summed E-state index contributed by atoms with van der Waals surface area (Å²) in [5, 5.41) is 0. The van der Waals surface area contributed by atoms with Gasteiger partial charge in [-0.05, 0) is 42.4 Å². The maximum Gasteiger partial charge on any atom is -0.0257 e. The van der Waals surface area contributed by atoms with Crippen LogP contribution in [-0.4, -0.2) is 0 Å². The zero-order valence-corrected chi connectivity index (χ0v) is 20.6. The summed E-state index contributed by atoms with van der Waals surface area (Å²) in [4.78, 5) is 0. The van der Waals surface area contributed by atoms with Gasteiger partial charge in [0.2, 0.25) is 0 Å². The lowest BCUT2D eigenvalue weighted by Gasteiger charge is -2.02. The maximum atomic E-state index is 3.63. The molecule has 0 amide bonds. The Labute approximate surface area is 208 Å². The molecule has 0 spiro atoms. The van der Waals surface area contributed by atoms with E-state index in [1.54, 1.807) is 17.7 Å². The fourth-order valence-electron chi connectivity index (χ4n) is 3.29. The Balaban J connectivity index is 0.000000249. The van der Waals surface area contributed by atoms with E-state index in [9.17, 15) is 0 Å². The molecule has 0 radical (unpaired) electrons. The van der Waals surface area contributed by atoms with Crippen molar-refractivity contribution < 1.29 is 0 Å². The zero-order chi connectivity index (χ0) is 24.7. The number of hydrogen-bond acceptors (Lipinski definition) is 0. The van der Waals surface area contributed by atoms with Crippen LogP contribution in [0.2, 0.25) is 0 Å². The minimum absolute atomic E-state index is 1.17. The van der Waals surface area contributed by atoms with Gasteiger partial charge in [-0.1, -0.05) is 166 Å². The van der Waals surface area contributed by atoms with Crippen LogP contribution in [0.5, 0.6) is 0 Å². The van der Waals surface area contributed by atoms with E-state index >= 15 is 0 Å². The van der Waals surface area contributed by atoms with Gasteiger partial charge in [-0.15, -0.1) is 0 Å². The zero-order valence-electron chi connectivity index (χ0n) is 20.6. The number of rotatable bonds is 4. The average Bonchev–Trinajstić information content (AvgIpc) is 3.20. The monoisotopic (exact) mass is 448 g/mol. The molecule has 0 heteroatoms. The van der Waals surface area contributed by atoms with E-state index in [0.717, 1.165) is 0 Å². The van der Waals surface area contributed by atoms with Gasteiger partial charge in [0.05, 0.1) is 0 Å². The standard InChI is InChI=1S/C14H18.2C8H8.C4H6/c1-2-5-9-13(8-4-1)12-14-10-6-3-7-11-14;2*1-2-8-6-4-3-5-7-8;1-3-4-2/h3,6-7,10-12H,1-2,4-5,8-9H2;2*2-7H,1H2;3-4H,1-2H2. The van der Waals surface area contributed by atoms with Gasteiger partial charge in [0.15, 0.2) is 0 Å². The first-order chi connectivity index (χ1) is 16.7. The largest absolute Gasteiger partial charge is 0.0991 e. The molecule has 1 aliphatic rings. The van der Waals surface area contributed by atoms with Gasteiger partial charge in [-0.2, -0.15) is 0 Å². The van der Waals surface area contributed by atoms with Gasteiger partial charge < -0.3 is 0 Å². The lowest BCUT2D eigenvalue weighted by molar-refractivity contribution is 0.702. The number of benzene rings is 3. The molecule has 0 heterocycles. The molecule has 0 atom stereocenters. The van der Waals surface area contributed by atoms with Crippen LogP contribution in [0.4, 0.5) is 0 Å². The summed E-state index contributed by atoms with van der Waals surface area (Å²) in [5.74, 6) is 0. The van der Waals surface area contributed by atoms with Gasteiger partial charge in [0.1, 0.15) is 0 Å². The molecule has 0 nitrogen and oxygen atoms in total. The molecular formula is C34H40. The Kier molecular flexibility index (Phi) is 16.7. The minimum atomic E-state index is 1.17. The Morgan fingerprint density at radius 3 is 1.09 bits per heavy atom. The van der Waals surface area contributed by atoms with Crippen molar-refractivity contribution in [1.29, 1.82) is 0 Å². The van der Waals surface area contributed by atoms with E-state index in [0.29, 0.717) is 0 Å². The van der Waals surface area contributed by atoms with E-state index in [2.05, 4.69) is 62.7 Å². The van der Waals surface area contributed by atoms with Crippen molar-refractivity contribution in [2.24, 2.45) is 0 Å². The fraction of sp³-hybridized carbons (Fsp3) is 0.176. The van der Waals surface area contributed by atoms with Crippen molar-refractivity contribution in [2.75, 3.05) is 0 Å². The molecule has 0 bridgehead atoms. The summed E-state index contributed by atoms with van der Waals surface area (Å²) < 4.78 is 0. The van der Waals surface area contributed by atoms with Crippen molar-refractivity contribution in [3.63, 3.8) is 0 Å². The summed E-state index contributed by atoms with van der Waals surface area (Å²) in [5.41, 5.74) is 5.36. The summed E-state index contributed by atoms with van der Waals surface area (Å²) in [6.07, 6.45) is 17.6. The molecule has 0 unspecified atom stereocenters. The fourth-order valence-corrected chi connectivity index (χ4v) is 3.29. The normalized spacial score (nSPS) is 11.8. The highest BCUT2D eigenvalue weighted by molar-refractivity contribution is 5.52. The third-order valence-electron chi connectivity index (χ3n) is 5.15. The molecule has 0 saturated heterocycles. The highest BCUT2D eigenvalue weighted by Crippen LogP contribution is 2.23. The topological polar surface area (TPSA) is 0 Å². The van der Waals surface area contributed by atoms with Crippen molar-refractivity contribution in [2.45, 2.75) is 38.5 Å². The van der Waals surface area contributed by atoms with Gasteiger partial charge in [0.25, 0.3) is 0 Å². The van der Waals surface area contributed by atoms with E-state index in [1.807, 2.05) is 72.8 Å². The number of allylic oxidation sites excluding steroid dienone is 3. The Bertz CT molecular complexity index is 887. The first-order valence-corrected chi connectivity index (χ1v) is 12.1. The van der Waals surface area contributed by atoms with Crippen LogP contribution in [0.25, 0.3) is 18.2 Å². The molecule has 3 aromatic carbocycles. The van der Waals surface area contributed by atoms with E-state index < -0.39 is 0 Å². The Morgan fingerprint density at radius 2 is 0.794 bits per heavy atom. The van der Waals surface area contributed by atoms with Gasteiger partial charge in [-0.3, -0.25) is 0 Å².